The van der Waals surface area contributed by atoms with E-state index in [1.54, 1.807) is 0 Å². The molecule has 2 unspecified atom stereocenters. The number of nitrogens with one attached hydrogen (secondary N) is 1. The van der Waals surface area contributed by atoms with Crippen molar-refractivity contribution in [1.29, 1.82) is 0 Å². The maximum atomic E-state index is 11.9. The van der Waals surface area contributed by atoms with Gasteiger partial charge < -0.3 is 15.2 Å². The predicted octanol–water partition coefficient (Wildman–Crippen LogP) is 0.690. The molecule has 0 aromatic rings. The van der Waals surface area contributed by atoms with E-state index >= 15 is 0 Å². The maximum absolute atomic E-state index is 11.9. The molecule has 2 rings (SSSR count). The van der Waals surface area contributed by atoms with Crippen LogP contribution in [0.5, 0.6) is 0 Å². The van der Waals surface area contributed by atoms with Crippen LogP contribution < -0.4 is 5.32 Å². The number of hydrogen-bond acceptors (Lipinski definition) is 4. The van der Waals surface area contributed by atoms with Crippen molar-refractivity contribution in [3.8, 4) is 0 Å². The smallest absolute Gasteiger partial charge is 0.317 e. The van der Waals surface area contributed by atoms with Gasteiger partial charge in [-0.1, -0.05) is 19.8 Å². The van der Waals surface area contributed by atoms with Crippen LogP contribution in [0.1, 0.15) is 32.6 Å². The second-order valence-corrected chi connectivity index (χ2v) is 5.41. The van der Waals surface area contributed by atoms with Gasteiger partial charge in [-0.05, 0) is 18.8 Å². The number of esters is 1. The molecule has 92 valence electrons. The number of ether oxygens (including phenoxy) is 1. The van der Waals surface area contributed by atoms with Gasteiger partial charge in [-0.3, -0.25) is 4.79 Å². The van der Waals surface area contributed by atoms with Gasteiger partial charge in [0.05, 0.1) is 12.7 Å². The summed E-state index contributed by atoms with van der Waals surface area (Å²) in [6, 6.07) is 0. The van der Waals surface area contributed by atoms with Crippen LogP contribution in [0, 0.1) is 11.3 Å². The highest BCUT2D eigenvalue weighted by atomic mass is 16.5. The Kier molecular flexibility index (Phi) is 2.97. The van der Waals surface area contributed by atoms with Crippen LogP contribution in [-0.4, -0.2) is 36.9 Å². The Morgan fingerprint density at radius 3 is 2.62 bits per heavy atom. The number of hydrogen-bond donors (Lipinski definition) is 2. The quantitative estimate of drug-likeness (QED) is 0.681. The summed E-state index contributed by atoms with van der Waals surface area (Å²) in [5.74, 6) is 0.226. The molecule has 2 fully saturated rings. The van der Waals surface area contributed by atoms with Crippen molar-refractivity contribution in [3.63, 3.8) is 0 Å². The monoisotopic (exact) mass is 227 g/mol. The van der Waals surface area contributed by atoms with E-state index in [0.29, 0.717) is 31.8 Å². The van der Waals surface area contributed by atoms with Crippen molar-refractivity contribution in [2.24, 2.45) is 11.3 Å². The molecule has 4 heteroatoms. The number of aliphatic hydroxyl groups is 1. The summed E-state index contributed by atoms with van der Waals surface area (Å²) < 4.78 is 4.87. The maximum Gasteiger partial charge on any atom is 0.317 e. The fourth-order valence-corrected chi connectivity index (χ4v) is 3.19. The molecule has 1 aliphatic carbocycles. The SMILES string of the molecule is COC(=O)C1(C2(O)CCCC(C)C2)CNC1. The standard InChI is InChI=1S/C12H21NO3/c1-9-4-3-5-12(15,6-9)11(7-13-8-11)10(14)16-2/h9,13,15H,3-8H2,1-2H3. The average Bonchev–Trinajstić information content (AvgIpc) is 2.14. The van der Waals surface area contributed by atoms with E-state index in [0.717, 1.165) is 12.8 Å². The van der Waals surface area contributed by atoms with E-state index in [4.69, 9.17) is 4.74 Å². The Hall–Kier alpha value is -0.610. The van der Waals surface area contributed by atoms with Crippen molar-refractivity contribution < 1.29 is 14.6 Å². The minimum absolute atomic E-state index is 0.261. The third-order valence-corrected chi connectivity index (χ3v) is 4.29. The molecule has 0 aromatic carbocycles. The highest BCUT2D eigenvalue weighted by molar-refractivity contribution is 5.80. The van der Waals surface area contributed by atoms with Crippen LogP contribution in [0.2, 0.25) is 0 Å². The summed E-state index contributed by atoms with van der Waals surface area (Å²) in [7, 11) is 1.40. The van der Waals surface area contributed by atoms with Crippen LogP contribution in [-0.2, 0) is 9.53 Å². The lowest BCUT2D eigenvalue weighted by atomic mass is 9.60. The molecule has 0 bridgehead atoms. The molecule has 2 aliphatic rings. The third kappa shape index (κ3) is 1.55. The van der Waals surface area contributed by atoms with E-state index in [-0.39, 0.29) is 5.97 Å². The predicted molar refractivity (Wildman–Crippen MR) is 59.9 cm³/mol. The van der Waals surface area contributed by atoms with Crippen molar-refractivity contribution in [2.45, 2.75) is 38.2 Å². The molecule has 0 spiro atoms. The topological polar surface area (TPSA) is 58.6 Å². The summed E-state index contributed by atoms with van der Waals surface area (Å²) in [6.45, 7) is 3.23. The van der Waals surface area contributed by atoms with Crippen LogP contribution in [0.4, 0.5) is 0 Å². The number of carbonyl (C=O) groups is 1. The van der Waals surface area contributed by atoms with Crippen molar-refractivity contribution >= 4 is 5.97 Å². The normalized spacial score (nSPS) is 37.6. The molecular weight excluding hydrogens is 206 g/mol. The second kappa shape index (κ2) is 4.00. The zero-order valence-electron chi connectivity index (χ0n) is 10.1. The molecule has 1 saturated heterocycles. The minimum Gasteiger partial charge on any atom is -0.468 e. The first-order valence-corrected chi connectivity index (χ1v) is 6.06. The number of rotatable bonds is 2. The molecule has 0 radical (unpaired) electrons. The largest absolute Gasteiger partial charge is 0.468 e. The van der Waals surface area contributed by atoms with Gasteiger partial charge in [0, 0.05) is 13.1 Å². The first-order valence-electron chi connectivity index (χ1n) is 6.06. The van der Waals surface area contributed by atoms with Gasteiger partial charge in [0.2, 0.25) is 0 Å². The zero-order valence-corrected chi connectivity index (χ0v) is 10.1. The van der Waals surface area contributed by atoms with Crippen LogP contribution in [0.25, 0.3) is 0 Å². The van der Waals surface area contributed by atoms with Crippen molar-refractivity contribution in [2.75, 3.05) is 20.2 Å². The Labute approximate surface area is 96.4 Å². The molecule has 0 amide bonds. The van der Waals surface area contributed by atoms with Gasteiger partial charge in [0.15, 0.2) is 0 Å². The fourth-order valence-electron chi connectivity index (χ4n) is 3.19. The summed E-state index contributed by atoms with van der Waals surface area (Å²) in [4.78, 5) is 11.9. The van der Waals surface area contributed by atoms with Crippen LogP contribution in [0.15, 0.2) is 0 Å². The first kappa shape index (κ1) is 11.9. The molecule has 0 aromatic heterocycles. The van der Waals surface area contributed by atoms with Crippen LogP contribution >= 0.6 is 0 Å². The Morgan fingerprint density at radius 2 is 2.19 bits per heavy atom. The Balaban J connectivity index is 2.22. The summed E-state index contributed by atoms with van der Waals surface area (Å²) in [6.07, 6.45) is 3.57. The fraction of sp³-hybridized carbons (Fsp3) is 0.917. The zero-order chi connectivity index (χ0) is 11.8. The molecule has 2 atom stereocenters. The molecule has 1 heterocycles. The van der Waals surface area contributed by atoms with E-state index < -0.39 is 11.0 Å². The number of methoxy groups -OCH3 is 1. The van der Waals surface area contributed by atoms with Crippen molar-refractivity contribution in [3.05, 3.63) is 0 Å². The minimum atomic E-state index is -0.872. The highest BCUT2D eigenvalue weighted by Crippen LogP contribution is 2.47. The lowest BCUT2D eigenvalue weighted by Gasteiger charge is -2.53. The lowest BCUT2D eigenvalue weighted by molar-refractivity contribution is -0.190. The van der Waals surface area contributed by atoms with E-state index in [2.05, 4.69) is 12.2 Å². The van der Waals surface area contributed by atoms with Gasteiger partial charge in [-0.15, -0.1) is 0 Å². The Bertz CT molecular complexity index is 288. The Morgan fingerprint density at radius 1 is 1.50 bits per heavy atom. The molecule has 1 saturated carbocycles. The highest BCUT2D eigenvalue weighted by Gasteiger charge is 2.60. The molecular formula is C12H21NO3. The summed E-state index contributed by atoms with van der Waals surface area (Å²) in [5.41, 5.74) is -1.57. The van der Waals surface area contributed by atoms with Gasteiger partial charge >= 0.3 is 5.97 Å². The summed E-state index contributed by atoms with van der Waals surface area (Å²) >= 11 is 0. The van der Waals surface area contributed by atoms with Crippen molar-refractivity contribution in [1.82, 2.24) is 5.32 Å². The van der Waals surface area contributed by atoms with Gasteiger partial charge in [-0.25, -0.2) is 0 Å². The third-order valence-electron chi connectivity index (χ3n) is 4.29. The lowest BCUT2D eigenvalue weighted by Crippen LogP contribution is -2.71. The molecule has 16 heavy (non-hydrogen) atoms. The average molecular weight is 227 g/mol. The van der Waals surface area contributed by atoms with Gasteiger partial charge in [-0.2, -0.15) is 0 Å². The van der Waals surface area contributed by atoms with E-state index in [1.165, 1.54) is 7.11 Å². The van der Waals surface area contributed by atoms with E-state index in [9.17, 15) is 9.90 Å². The summed E-state index contributed by atoms with van der Waals surface area (Å²) in [5, 5.41) is 13.9. The molecule has 4 nitrogen and oxygen atoms in total. The van der Waals surface area contributed by atoms with Crippen LogP contribution in [0.3, 0.4) is 0 Å². The van der Waals surface area contributed by atoms with Gasteiger partial charge in [0.1, 0.15) is 5.41 Å². The second-order valence-electron chi connectivity index (χ2n) is 5.41. The first-order chi connectivity index (χ1) is 7.54. The molecule has 2 N–H and O–H groups in total. The van der Waals surface area contributed by atoms with E-state index in [1.807, 2.05) is 0 Å². The molecule has 1 aliphatic heterocycles. The number of carbonyl (C=O) groups excluding carboxylic acids is 1. The van der Waals surface area contributed by atoms with Gasteiger partial charge in [0.25, 0.3) is 0 Å².